The van der Waals surface area contributed by atoms with Crippen LogP contribution in [0.25, 0.3) is 0 Å². The van der Waals surface area contributed by atoms with Crippen LogP contribution in [0.15, 0.2) is 54.9 Å². The van der Waals surface area contributed by atoms with Crippen molar-refractivity contribution in [1.82, 2.24) is 10.3 Å². The highest BCUT2D eigenvalue weighted by molar-refractivity contribution is 5.37. The van der Waals surface area contributed by atoms with Gasteiger partial charge in [-0.2, -0.15) is 5.26 Å². The third-order valence-electron chi connectivity index (χ3n) is 4.42. The Hall–Kier alpha value is -2.18. The Morgan fingerprint density at radius 2 is 1.86 bits per heavy atom. The average Bonchev–Trinajstić information content (AvgIpc) is 2.52. The van der Waals surface area contributed by atoms with Crippen LogP contribution >= 0.6 is 0 Å². The molecule has 3 heteroatoms. The molecule has 106 valence electrons. The summed E-state index contributed by atoms with van der Waals surface area (Å²) in [6, 6.07) is 17.4. The Morgan fingerprint density at radius 1 is 1.19 bits per heavy atom. The molecule has 1 atom stereocenters. The van der Waals surface area contributed by atoms with Crippen LogP contribution < -0.4 is 5.32 Å². The van der Waals surface area contributed by atoms with Gasteiger partial charge >= 0.3 is 0 Å². The molecule has 21 heavy (non-hydrogen) atoms. The number of nitriles is 1. The quantitative estimate of drug-likeness (QED) is 0.932. The standard InChI is InChI=1S/C18H19N3/c1-14(15-7-9-20-10-8-15)21-17-11-18(12-17,13-19)16-5-3-2-4-6-16/h2-10,14,17,21H,11-12H2,1H3. The van der Waals surface area contributed by atoms with E-state index < -0.39 is 0 Å². The molecule has 1 aromatic carbocycles. The molecule has 0 bridgehead atoms. The zero-order valence-electron chi connectivity index (χ0n) is 12.2. The van der Waals surface area contributed by atoms with Crippen LogP contribution in [0.5, 0.6) is 0 Å². The van der Waals surface area contributed by atoms with Crippen LogP contribution in [0.2, 0.25) is 0 Å². The molecule has 1 fully saturated rings. The van der Waals surface area contributed by atoms with Crippen molar-refractivity contribution in [3.8, 4) is 6.07 Å². The minimum Gasteiger partial charge on any atom is -0.307 e. The highest BCUT2D eigenvalue weighted by Gasteiger charge is 2.46. The molecule has 0 saturated heterocycles. The fraction of sp³-hybridized carbons (Fsp3) is 0.333. The van der Waals surface area contributed by atoms with Crippen molar-refractivity contribution in [2.75, 3.05) is 0 Å². The van der Waals surface area contributed by atoms with Crippen LogP contribution in [0.1, 0.15) is 36.9 Å². The van der Waals surface area contributed by atoms with Gasteiger partial charge in [0.25, 0.3) is 0 Å². The van der Waals surface area contributed by atoms with Crippen LogP contribution in [-0.2, 0) is 5.41 Å². The summed E-state index contributed by atoms with van der Waals surface area (Å²) in [5.74, 6) is 0. The largest absolute Gasteiger partial charge is 0.307 e. The zero-order chi connectivity index (χ0) is 14.7. The first-order valence-electron chi connectivity index (χ1n) is 7.36. The van der Waals surface area contributed by atoms with Gasteiger partial charge in [0.15, 0.2) is 0 Å². The van der Waals surface area contributed by atoms with Crippen LogP contribution in [0, 0.1) is 11.3 Å². The molecule has 0 radical (unpaired) electrons. The molecule has 3 rings (SSSR count). The maximum Gasteiger partial charge on any atom is 0.0852 e. The number of hydrogen-bond acceptors (Lipinski definition) is 3. The van der Waals surface area contributed by atoms with Gasteiger partial charge in [-0.25, -0.2) is 0 Å². The van der Waals surface area contributed by atoms with E-state index in [-0.39, 0.29) is 11.5 Å². The van der Waals surface area contributed by atoms with E-state index in [0.717, 1.165) is 18.4 Å². The second kappa shape index (κ2) is 5.67. The molecule has 1 saturated carbocycles. The molecular formula is C18H19N3. The van der Waals surface area contributed by atoms with E-state index in [2.05, 4.69) is 35.4 Å². The Bertz CT molecular complexity index is 625. The summed E-state index contributed by atoms with van der Waals surface area (Å²) in [6.07, 6.45) is 5.39. The molecule has 0 spiro atoms. The van der Waals surface area contributed by atoms with Crippen molar-refractivity contribution in [1.29, 1.82) is 5.26 Å². The molecule has 0 amide bonds. The van der Waals surface area contributed by atoms with Crippen molar-refractivity contribution in [2.45, 2.75) is 37.3 Å². The van der Waals surface area contributed by atoms with Gasteiger partial charge in [-0.05, 0) is 43.0 Å². The smallest absolute Gasteiger partial charge is 0.0852 e. The number of hydrogen-bond donors (Lipinski definition) is 1. The third-order valence-corrected chi connectivity index (χ3v) is 4.42. The lowest BCUT2D eigenvalue weighted by Gasteiger charge is -2.44. The summed E-state index contributed by atoms with van der Waals surface area (Å²) < 4.78 is 0. The van der Waals surface area contributed by atoms with Crippen molar-refractivity contribution >= 4 is 0 Å². The summed E-state index contributed by atoms with van der Waals surface area (Å²) in [5.41, 5.74) is 2.07. The van der Waals surface area contributed by atoms with Crippen molar-refractivity contribution in [3.05, 3.63) is 66.0 Å². The van der Waals surface area contributed by atoms with Gasteiger partial charge in [-0.3, -0.25) is 4.98 Å². The molecule has 3 nitrogen and oxygen atoms in total. The number of benzene rings is 1. The maximum absolute atomic E-state index is 9.57. The first-order valence-corrected chi connectivity index (χ1v) is 7.36. The summed E-state index contributed by atoms with van der Waals surface area (Å²) in [4.78, 5) is 4.05. The van der Waals surface area contributed by atoms with Gasteiger partial charge in [0, 0.05) is 24.5 Å². The van der Waals surface area contributed by atoms with E-state index in [1.165, 1.54) is 5.56 Å². The topological polar surface area (TPSA) is 48.7 Å². The molecule has 1 aliphatic carbocycles. The van der Waals surface area contributed by atoms with Gasteiger partial charge in [0.2, 0.25) is 0 Å². The van der Waals surface area contributed by atoms with Gasteiger partial charge in [-0.15, -0.1) is 0 Å². The summed E-state index contributed by atoms with van der Waals surface area (Å²) >= 11 is 0. The summed E-state index contributed by atoms with van der Waals surface area (Å²) in [6.45, 7) is 2.16. The van der Waals surface area contributed by atoms with Crippen molar-refractivity contribution in [3.63, 3.8) is 0 Å². The Morgan fingerprint density at radius 3 is 2.48 bits per heavy atom. The van der Waals surface area contributed by atoms with E-state index in [1.54, 1.807) is 0 Å². The second-order valence-corrected chi connectivity index (χ2v) is 5.83. The van der Waals surface area contributed by atoms with E-state index in [0.29, 0.717) is 6.04 Å². The molecule has 0 aliphatic heterocycles. The van der Waals surface area contributed by atoms with Gasteiger partial charge in [-0.1, -0.05) is 30.3 Å². The summed E-state index contributed by atoms with van der Waals surface area (Å²) in [5, 5.41) is 13.2. The van der Waals surface area contributed by atoms with Gasteiger partial charge in [0.1, 0.15) is 0 Å². The molecular weight excluding hydrogens is 258 g/mol. The number of aromatic nitrogens is 1. The van der Waals surface area contributed by atoms with Crippen LogP contribution in [0.4, 0.5) is 0 Å². The first kappa shape index (κ1) is 13.8. The van der Waals surface area contributed by atoms with E-state index >= 15 is 0 Å². The number of pyridine rings is 1. The zero-order valence-corrected chi connectivity index (χ0v) is 12.2. The average molecular weight is 277 g/mol. The van der Waals surface area contributed by atoms with Crippen LogP contribution in [-0.4, -0.2) is 11.0 Å². The SMILES string of the molecule is CC(NC1CC(C#N)(c2ccccc2)C1)c1ccncc1. The highest BCUT2D eigenvalue weighted by Crippen LogP contribution is 2.44. The number of rotatable bonds is 4. The summed E-state index contributed by atoms with van der Waals surface area (Å²) in [7, 11) is 0. The third kappa shape index (κ3) is 2.68. The first-order chi connectivity index (χ1) is 10.2. The predicted octanol–water partition coefficient (Wildman–Crippen LogP) is 3.36. The normalized spacial score (nSPS) is 25.6. The fourth-order valence-electron chi connectivity index (χ4n) is 3.15. The lowest BCUT2D eigenvalue weighted by Crippen LogP contribution is -2.51. The Kier molecular flexibility index (Phi) is 3.72. The van der Waals surface area contributed by atoms with Crippen molar-refractivity contribution < 1.29 is 0 Å². The maximum atomic E-state index is 9.57. The Labute approximate surface area is 125 Å². The highest BCUT2D eigenvalue weighted by atomic mass is 15.0. The predicted molar refractivity (Wildman–Crippen MR) is 82.5 cm³/mol. The Balaban J connectivity index is 1.64. The van der Waals surface area contributed by atoms with Crippen LogP contribution in [0.3, 0.4) is 0 Å². The molecule has 1 aromatic heterocycles. The molecule has 2 aromatic rings. The number of nitrogens with one attached hydrogen (secondary N) is 1. The van der Waals surface area contributed by atoms with E-state index in [4.69, 9.17) is 0 Å². The van der Waals surface area contributed by atoms with Gasteiger partial charge < -0.3 is 5.32 Å². The lowest BCUT2D eigenvalue weighted by atomic mass is 9.62. The van der Waals surface area contributed by atoms with Crippen molar-refractivity contribution in [2.24, 2.45) is 0 Å². The van der Waals surface area contributed by atoms with Gasteiger partial charge in [0.05, 0.1) is 11.5 Å². The molecule has 1 aliphatic rings. The second-order valence-electron chi connectivity index (χ2n) is 5.83. The molecule has 1 N–H and O–H groups in total. The van der Waals surface area contributed by atoms with E-state index in [9.17, 15) is 5.26 Å². The molecule has 1 heterocycles. The lowest BCUT2D eigenvalue weighted by molar-refractivity contribution is 0.213. The minimum atomic E-state index is -0.309. The monoisotopic (exact) mass is 277 g/mol. The van der Waals surface area contributed by atoms with E-state index in [1.807, 2.05) is 42.7 Å². The minimum absolute atomic E-state index is 0.283. The number of nitrogens with zero attached hydrogens (tertiary/aromatic N) is 2. The molecule has 1 unspecified atom stereocenters. The fourth-order valence-corrected chi connectivity index (χ4v) is 3.15.